The molecular formula is C18H19F2NO3. The van der Waals surface area contributed by atoms with Crippen LogP contribution in [0.2, 0.25) is 0 Å². The zero-order valence-electron chi connectivity index (χ0n) is 13.9. The van der Waals surface area contributed by atoms with E-state index in [9.17, 15) is 13.6 Å². The highest BCUT2D eigenvalue weighted by molar-refractivity contribution is 5.98. The molecule has 6 heteroatoms. The van der Waals surface area contributed by atoms with Gasteiger partial charge in [0.05, 0.1) is 19.6 Å². The Kier molecular flexibility index (Phi) is 5.07. The largest absolute Gasteiger partial charge is 0.497 e. The van der Waals surface area contributed by atoms with Crippen LogP contribution in [0.5, 0.6) is 11.5 Å². The van der Waals surface area contributed by atoms with E-state index in [1.54, 1.807) is 32.0 Å². The van der Waals surface area contributed by atoms with Crippen LogP contribution in [0.15, 0.2) is 36.4 Å². The summed E-state index contributed by atoms with van der Waals surface area (Å²) in [5.41, 5.74) is -0.437. The Balaban J connectivity index is 2.31. The van der Waals surface area contributed by atoms with Gasteiger partial charge in [0.1, 0.15) is 23.1 Å². The topological polar surface area (TPSA) is 47.6 Å². The standard InChI is InChI=1S/C18H19F2NO3/c1-18(2,11-5-12(19)7-13(20)6-11)17(22)21-14-8-15(23-3)10-16(9-14)24-4/h5-10H,1-4H3,(H,21,22). The number of anilines is 1. The second kappa shape index (κ2) is 6.86. The maximum absolute atomic E-state index is 13.4. The summed E-state index contributed by atoms with van der Waals surface area (Å²) in [7, 11) is 3.00. The molecule has 0 saturated heterocycles. The van der Waals surface area contributed by atoms with Gasteiger partial charge in [-0.2, -0.15) is 0 Å². The van der Waals surface area contributed by atoms with Gasteiger partial charge in [-0.1, -0.05) is 0 Å². The van der Waals surface area contributed by atoms with Crippen LogP contribution in [0.1, 0.15) is 19.4 Å². The number of benzene rings is 2. The first-order valence-corrected chi connectivity index (χ1v) is 7.27. The molecule has 0 radical (unpaired) electrons. The number of halogens is 2. The van der Waals surface area contributed by atoms with Crippen LogP contribution in [-0.2, 0) is 10.2 Å². The molecule has 0 saturated carbocycles. The lowest BCUT2D eigenvalue weighted by Gasteiger charge is -2.24. The highest BCUT2D eigenvalue weighted by Gasteiger charge is 2.31. The second-order valence-corrected chi connectivity index (χ2v) is 5.84. The van der Waals surface area contributed by atoms with Crippen LogP contribution in [0.3, 0.4) is 0 Å². The molecule has 0 aliphatic heterocycles. The van der Waals surface area contributed by atoms with Crippen molar-refractivity contribution in [2.45, 2.75) is 19.3 Å². The Labute approximate surface area is 139 Å². The van der Waals surface area contributed by atoms with Gasteiger partial charge in [0.2, 0.25) is 5.91 Å². The average molecular weight is 335 g/mol. The molecule has 1 N–H and O–H groups in total. The Morgan fingerprint density at radius 2 is 1.42 bits per heavy atom. The molecule has 0 aliphatic carbocycles. The third kappa shape index (κ3) is 3.82. The first-order chi connectivity index (χ1) is 11.3. The number of methoxy groups -OCH3 is 2. The van der Waals surface area contributed by atoms with Crippen molar-refractivity contribution in [2.75, 3.05) is 19.5 Å². The van der Waals surface area contributed by atoms with Crippen molar-refractivity contribution in [2.24, 2.45) is 0 Å². The van der Waals surface area contributed by atoms with Gasteiger partial charge < -0.3 is 14.8 Å². The van der Waals surface area contributed by atoms with E-state index in [2.05, 4.69) is 5.32 Å². The molecule has 0 spiro atoms. The molecule has 0 atom stereocenters. The summed E-state index contributed by atoms with van der Waals surface area (Å²) in [6.45, 7) is 3.18. The number of hydrogen-bond acceptors (Lipinski definition) is 3. The van der Waals surface area contributed by atoms with Crippen LogP contribution in [0.25, 0.3) is 0 Å². The SMILES string of the molecule is COc1cc(NC(=O)C(C)(C)c2cc(F)cc(F)c2)cc(OC)c1. The first-order valence-electron chi connectivity index (χ1n) is 7.27. The lowest BCUT2D eigenvalue weighted by molar-refractivity contribution is -0.120. The van der Waals surface area contributed by atoms with Crippen LogP contribution in [-0.4, -0.2) is 20.1 Å². The van der Waals surface area contributed by atoms with Gasteiger partial charge in [0.25, 0.3) is 0 Å². The lowest BCUT2D eigenvalue weighted by atomic mass is 9.83. The van der Waals surface area contributed by atoms with Gasteiger partial charge in [0.15, 0.2) is 0 Å². The summed E-state index contributed by atoms with van der Waals surface area (Å²) >= 11 is 0. The van der Waals surface area contributed by atoms with Crippen molar-refractivity contribution in [3.63, 3.8) is 0 Å². The van der Waals surface area contributed by atoms with Crippen molar-refractivity contribution in [3.8, 4) is 11.5 Å². The van der Waals surface area contributed by atoms with Crippen LogP contribution in [0.4, 0.5) is 14.5 Å². The summed E-state index contributed by atoms with van der Waals surface area (Å²) in [4.78, 5) is 12.6. The van der Waals surface area contributed by atoms with Crippen molar-refractivity contribution in [1.29, 1.82) is 0 Å². The minimum absolute atomic E-state index is 0.243. The summed E-state index contributed by atoms with van der Waals surface area (Å²) < 4.78 is 37.2. The molecule has 0 aromatic heterocycles. The van der Waals surface area contributed by atoms with Crippen LogP contribution >= 0.6 is 0 Å². The maximum atomic E-state index is 13.4. The predicted molar refractivity (Wildman–Crippen MR) is 87.6 cm³/mol. The fraction of sp³-hybridized carbons (Fsp3) is 0.278. The summed E-state index contributed by atoms with van der Waals surface area (Å²) in [6.07, 6.45) is 0. The Hall–Kier alpha value is -2.63. The molecular weight excluding hydrogens is 316 g/mol. The Morgan fingerprint density at radius 3 is 1.88 bits per heavy atom. The van der Waals surface area contributed by atoms with Crippen molar-refractivity contribution in [1.82, 2.24) is 0 Å². The summed E-state index contributed by atoms with van der Waals surface area (Å²) in [5.74, 6) is -0.843. The number of rotatable bonds is 5. The normalized spacial score (nSPS) is 11.1. The fourth-order valence-corrected chi connectivity index (χ4v) is 2.21. The van der Waals surface area contributed by atoms with E-state index < -0.39 is 23.0 Å². The Morgan fingerprint density at radius 1 is 0.917 bits per heavy atom. The number of hydrogen-bond donors (Lipinski definition) is 1. The van der Waals surface area contributed by atoms with E-state index in [0.717, 1.165) is 18.2 Å². The van der Waals surface area contributed by atoms with Gasteiger partial charge >= 0.3 is 0 Å². The number of ether oxygens (including phenoxy) is 2. The lowest BCUT2D eigenvalue weighted by Crippen LogP contribution is -2.35. The summed E-state index contributed by atoms with van der Waals surface area (Å²) in [6, 6.07) is 7.99. The highest BCUT2D eigenvalue weighted by atomic mass is 19.1. The fourth-order valence-electron chi connectivity index (χ4n) is 2.21. The molecule has 0 bridgehead atoms. The van der Waals surface area contributed by atoms with E-state index in [-0.39, 0.29) is 5.56 Å². The third-order valence-electron chi connectivity index (χ3n) is 3.76. The van der Waals surface area contributed by atoms with E-state index in [1.807, 2.05) is 0 Å². The Bertz CT molecular complexity index is 717. The zero-order valence-corrected chi connectivity index (χ0v) is 13.9. The molecule has 2 aromatic carbocycles. The molecule has 0 fully saturated rings. The van der Waals surface area contributed by atoms with E-state index in [1.165, 1.54) is 14.2 Å². The zero-order chi connectivity index (χ0) is 17.9. The molecule has 4 nitrogen and oxygen atoms in total. The molecule has 0 heterocycles. The van der Waals surface area contributed by atoms with Gasteiger partial charge in [-0.3, -0.25) is 4.79 Å². The second-order valence-electron chi connectivity index (χ2n) is 5.84. The number of amides is 1. The highest BCUT2D eigenvalue weighted by Crippen LogP contribution is 2.30. The van der Waals surface area contributed by atoms with Gasteiger partial charge in [-0.25, -0.2) is 8.78 Å². The molecule has 128 valence electrons. The quantitative estimate of drug-likeness (QED) is 0.901. The van der Waals surface area contributed by atoms with Gasteiger partial charge in [-0.05, 0) is 31.5 Å². The third-order valence-corrected chi connectivity index (χ3v) is 3.76. The average Bonchev–Trinajstić information content (AvgIpc) is 2.53. The molecule has 24 heavy (non-hydrogen) atoms. The van der Waals surface area contributed by atoms with E-state index in [4.69, 9.17) is 9.47 Å². The number of nitrogens with one attached hydrogen (secondary N) is 1. The predicted octanol–water partition coefficient (Wildman–Crippen LogP) is 3.90. The van der Waals surface area contributed by atoms with Gasteiger partial charge in [0, 0.05) is 30.0 Å². The van der Waals surface area contributed by atoms with E-state index in [0.29, 0.717) is 17.2 Å². The molecule has 2 rings (SSSR count). The minimum Gasteiger partial charge on any atom is -0.497 e. The molecule has 2 aromatic rings. The van der Waals surface area contributed by atoms with Gasteiger partial charge in [-0.15, -0.1) is 0 Å². The maximum Gasteiger partial charge on any atom is 0.234 e. The monoisotopic (exact) mass is 335 g/mol. The van der Waals surface area contributed by atoms with Crippen molar-refractivity contribution < 1.29 is 23.0 Å². The number of carbonyl (C=O) groups is 1. The molecule has 0 unspecified atom stereocenters. The van der Waals surface area contributed by atoms with Crippen LogP contribution in [0, 0.1) is 11.6 Å². The molecule has 0 aliphatic rings. The van der Waals surface area contributed by atoms with Crippen molar-refractivity contribution >= 4 is 11.6 Å². The smallest absolute Gasteiger partial charge is 0.234 e. The van der Waals surface area contributed by atoms with E-state index >= 15 is 0 Å². The first kappa shape index (κ1) is 17.7. The molecule has 1 amide bonds. The summed E-state index contributed by atoms with van der Waals surface area (Å²) in [5, 5.41) is 2.73. The number of carbonyl (C=O) groups excluding carboxylic acids is 1. The van der Waals surface area contributed by atoms with Crippen molar-refractivity contribution in [3.05, 3.63) is 53.6 Å². The minimum atomic E-state index is -1.14. The van der Waals surface area contributed by atoms with Crippen LogP contribution < -0.4 is 14.8 Å².